The van der Waals surface area contributed by atoms with Crippen LogP contribution in [0.1, 0.15) is 64.2 Å². The molecule has 2 heteroatoms. The van der Waals surface area contributed by atoms with Crippen molar-refractivity contribution >= 4 is 5.84 Å². The predicted octanol–water partition coefficient (Wildman–Crippen LogP) is 3.52. The Bertz CT molecular complexity index is 279. The molecule has 0 aromatic carbocycles. The van der Waals surface area contributed by atoms with Crippen LogP contribution in [0.15, 0.2) is 4.99 Å². The summed E-state index contributed by atoms with van der Waals surface area (Å²) in [5, 5.41) is 3.78. The summed E-state index contributed by atoms with van der Waals surface area (Å²) in [6.45, 7) is 1.06. The van der Waals surface area contributed by atoms with Gasteiger partial charge in [0.2, 0.25) is 0 Å². The van der Waals surface area contributed by atoms with Gasteiger partial charge in [-0.25, -0.2) is 0 Å². The Labute approximate surface area is 105 Å². The smallest absolute Gasteiger partial charge is 0.0965 e. The number of aliphatic imine (C=N–C) groups is 1. The summed E-state index contributed by atoms with van der Waals surface area (Å²) in [6, 6.07) is 0.759. The van der Waals surface area contributed by atoms with Gasteiger partial charge in [0.1, 0.15) is 0 Å². The van der Waals surface area contributed by atoms with Gasteiger partial charge in [-0.05, 0) is 31.1 Å². The van der Waals surface area contributed by atoms with Crippen molar-refractivity contribution in [2.75, 3.05) is 6.54 Å². The molecule has 0 spiro atoms. The van der Waals surface area contributed by atoms with Crippen LogP contribution in [0.3, 0.4) is 0 Å². The molecule has 0 bridgehead atoms. The maximum absolute atomic E-state index is 4.58. The van der Waals surface area contributed by atoms with Crippen molar-refractivity contribution in [3.8, 4) is 0 Å². The lowest BCUT2D eigenvalue weighted by atomic mass is 9.77. The maximum Gasteiger partial charge on any atom is 0.0965 e. The molecule has 3 aliphatic rings. The fourth-order valence-electron chi connectivity index (χ4n) is 4.17. The molecule has 17 heavy (non-hydrogen) atoms. The summed E-state index contributed by atoms with van der Waals surface area (Å²) < 4.78 is 0. The van der Waals surface area contributed by atoms with Gasteiger partial charge in [-0.1, -0.05) is 38.5 Å². The quantitative estimate of drug-likeness (QED) is 0.777. The Morgan fingerprint density at radius 3 is 2.53 bits per heavy atom. The first-order valence-corrected chi connectivity index (χ1v) is 7.73. The van der Waals surface area contributed by atoms with Crippen molar-refractivity contribution in [1.29, 1.82) is 0 Å². The second-order valence-corrected chi connectivity index (χ2v) is 6.18. The third kappa shape index (κ3) is 2.66. The van der Waals surface area contributed by atoms with E-state index in [1.165, 1.54) is 70.0 Å². The fraction of sp³-hybridized carbons (Fsp3) is 0.933. The molecule has 0 aromatic heterocycles. The van der Waals surface area contributed by atoms with E-state index in [9.17, 15) is 0 Å². The molecule has 0 aromatic rings. The number of hydrogen-bond donors (Lipinski definition) is 1. The average molecular weight is 234 g/mol. The van der Waals surface area contributed by atoms with Crippen LogP contribution in [0.4, 0.5) is 0 Å². The zero-order chi connectivity index (χ0) is 11.5. The Hall–Kier alpha value is -0.530. The van der Waals surface area contributed by atoms with Gasteiger partial charge in [0.05, 0.1) is 5.84 Å². The lowest BCUT2D eigenvalue weighted by Gasteiger charge is -2.32. The second kappa shape index (κ2) is 5.41. The molecule has 1 aliphatic heterocycles. The van der Waals surface area contributed by atoms with Crippen LogP contribution in [-0.2, 0) is 0 Å². The predicted molar refractivity (Wildman–Crippen MR) is 72.4 cm³/mol. The van der Waals surface area contributed by atoms with Gasteiger partial charge in [-0.3, -0.25) is 4.99 Å². The lowest BCUT2D eigenvalue weighted by molar-refractivity contribution is 0.226. The van der Waals surface area contributed by atoms with E-state index in [0.29, 0.717) is 0 Å². The van der Waals surface area contributed by atoms with Crippen molar-refractivity contribution < 1.29 is 0 Å². The molecule has 0 radical (unpaired) electrons. The van der Waals surface area contributed by atoms with E-state index in [1.807, 2.05) is 0 Å². The summed E-state index contributed by atoms with van der Waals surface area (Å²) in [5.41, 5.74) is 0. The Kier molecular flexibility index (Phi) is 3.68. The minimum absolute atomic E-state index is 0.759. The van der Waals surface area contributed by atoms with Crippen molar-refractivity contribution in [3.05, 3.63) is 0 Å². The van der Waals surface area contributed by atoms with Crippen LogP contribution in [0, 0.1) is 11.8 Å². The van der Waals surface area contributed by atoms with Crippen LogP contribution >= 0.6 is 0 Å². The standard InChI is InChI=1S/C15H26N2/c1-2-6-12(7-3-1)13-8-4-9-14(13)17-15-10-5-11-16-15/h12-14H,1-11H2,(H,16,17). The highest BCUT2D eigenvalue weighted by Crippen LogP contribution is 2.39. The molecular formula is C15H26N2. The Balaban J connectivity index is 1.58. The third-order valence-electron chi connectivity index (χ3n) is 5.05. The number of nitrogens with one attached hydrogen (secondary N) is 1. The maximum atomic E-state index is 4.58. The van der Waals surface area contributed by atoms with Crippen molar-refractivity contribution in [1.82, 2.24) is 5.32 Å². The number of nitrogens with zero attached hydrogens (tertiary/aromatic N) is 1. The summed E-state index contributed by atoms with van der Waals surface area (Å²) in [7, 11) is 0. The van der Waals surface area contributed by atoms with Crippen molar-refractivity contribution in [2.45, 2.75) is 70.3 Å². The van der Waals surface area contributed by atoms with E-state index in [2.05, 4.69) is 10.3 Å². The molecular weight excluding hydrogens is 208 g/mol. The fourth-order valence-corrected chi connectivity index (χ4v) is 4.17. The van der Waals surface area contributed by atoms with Gasteiger partial charge in [-0.2, -0.15) is 0 Å². The topological polar surface area (TPSA) is 24.4 Å². The van der Waals surface area contributed by atoms with Gasteiger partial charge in [-0.15, -0.1) is 0 Å². The van der Waals surface area contributed by atoms with Gasteiger partial charge in [0.25, 0.3) is 0 Å². The van der Waals surface area contributed by atoms with E-state index in [1.54, 1.807) is 0 Å². The van der Waals surface area contributed by atoms with Crippen LogP contribution in [-0.4, -0.2) is 18.4 Å². The Morgan fingerprint density at radius 2 is 1.76 bits per heavy atom. The van der Waals surface area contributed by atoms with E-state index in [0.717, 1.165) is 24.4 Å². The van der Waals surface area contributed by atoms with Gasteiger partial charge >= 0.3 is 0 Å². The molecule has 1 heterocycles. The highest BCUT2D eigenvalue weighted by atomic mass is 15.0. The third-order valence-corrected chi connectivity index (χ3v) is 5.05. The Morgan fingerprint density at radius 1 is 0.882 bits per heavy atom. The molecule has 2 nitrogen and oxygen atoms in total. The van der Waals surface area contributed by atoms with E-state index in [4.69, 9.17) is 0 Å². The molecule has 3 rings (SSSR count). The molecule has 1 N–H and O–H groups in total. The van der Waals surface area contributed by atoms with Crippen LogP contribution in [0.5, 0.6) is 0 Å². The monoisotopic (exact) mass is 234 g/mol. The summed E-state index contributed by atoms with van der Waals surface area (Å²) in [5.74, 6) is 3.29. The first-order valence-electron chi connectivity index (χ1n) is 7.73. The summed E-state index contributed by atoms with van der Waals surface area (Å²) in [6.07, 6.45) is 14.2. The molecule has 0 saturated heterocycles. The van der Waals surface area contributed by atoms with Crippen molar-refractivity contribution in [3.63, 3.8) is 0 Å². The summed E-state index contributed by atoms with van der Waals surface area (Å²) >= 11 is 0. The molecule has 2 aliphatic carbocycles. The minimum Gasteiger partial charge on any atom is -0.371 e. The second-order valence-electron chi connectivity index (χ2n) is 6.18. The molecule has 2 fully saturated rings. The number of rotatable bonds is 2. The van der Waals surface area contributed by atoms with Gasteiger partial charge in [0.15, 0.2) is 0 Å². The van der Waals surface area contributed by atoms with E-state index < -0.39 is 0 Å². The molecule has 2 atom stereocenters. The molecule has 96 valence electrons. The largest absolute Gasteiger partial charge is 0.371 e. The van der Waals surface area contributed by atoms with Gasteiger partial charge in [0, 0.05) is 19.0 Å². The van der Waals surface area contributed by atoms with Crippen molar-refractivity contribution in [2.24, 2.45) is 16.8 Å². The zero-order valence-electron chi connectivity index (χ0n) is 11.0. The SMILES string of the molecule is C1CCC(C2CCCC2NC2=NCCC2)CC1. The van der Waals surface area contributed by atoms with Gasteiger partial charge < -0.3 is 5.32 Å². The highest BCUT2D eigenvalue weighted by molar-refractivity contribution is 5.83. The normalized spacial score (nSPS) is 34.9. The lowest BCUT2D eigenvalue weighted by Crippen LogP contribution is -2.39. The van der Waals surface area contributed by atoms with Crippen LogP contribution in [0.2, 0.25) is 0 Å². The van der Waals surface area contributed by atoms with Crippen LogP contribution in [0.25, 0.3) is 0 Å². The highest BCUT2D eigenvalue weighted by Gasteiger charge is 2.34. The van der Waals surface area contributed by atoms with Crippen LogP contribution < -0.4 is 5.32 Å². The first kappa shape index (κ1) is 11.6. The minimum atomic E-state index is 0.759. The molecule has 2 unspecified atom stereocenters. The summed E-state index contributed by atoms with van der Waals surface area (Å²) in [4.78, 5) is 4.58. The molecule has 2 saturated carbocycles. The molecule has 0 amide bonds. The average Bonchev–Trinajstić information content (AvgIpc) is 3.02. The zero-order valence-corrected chi connectivity index (χ0v) is 11.0. The number of hydrogen-bond acceptors (Lipinski definition) is 2. The van der Waals surface area contributed by atoms with E-state index >= 15 is 0 Å². The first-order chi connectivity index (χ1) is 8.43. The van der Waals surface area contributed by atoms with E-state index in [-0.39, 0.29) is 0 Å². The number of amidine groups is 1.